The Labute approximate surface area is 104 Å². The Hall–Kier alpha value is -2.07. The van der Waals surface area contributed by atoms with Gasteiger partial charge in [0.05, 0.1) is 6.61 Å². The van der Waals surface area contributed by atoms with E-state index < -0.39 is 5.82 Å². The summed E-state index contributed by atoms with van der Waals surface area (Å²) in [6.45, 7) is -0.0858. The van der Waals surface area contributed by atoms with E-state index >= 15 is 0 Å². The number of hydrogen-bond acceptors (Lipinski definition) is 3. The fraction of sp³-hybridized carbons (Fsp3) is 0.143. The number of rotatable bonds is 5. The minimum atomic E-state index is -0.517. The molecule has 0 saturated heterocycles. The molecule has 2 aromatic rings. The second kappa shape index (κ2) is 6.02. The minimum Gasteiger partial charge on any atom is -0.488 e. The van der Waals surface area contributed by atoms with Crippen LogP contribution in [0.5, 0.6) is 17.2 Å². The summed E-state index contributed by atoms with van der Waals surface area (Å²) in [5.74, 6) is 0.623. The Morgan fingerprint density at radius 2 is 1.78 bits per heavy atom. The number of hydrogen-bond donors (Lipinski definition) is 1. The van der Waals surface area contributed by atoms with E-state index in [0.29, 0.717) is 11.5 Å². The van der Waals surface area contributed by atoms with Crippen molar-refractivity contribution in [1.29, 1.82) is 0 Å². The van der Waals surface area contributed by atoms with Crippen LogP contribution in [0.25, 0.3) is 0 Å². The maximum absolute atomic E-state index is 13.6. The van der Waals surface area contributed by atoms with Crippen molar-refractivity contribution in [2.45, 2.75) is 0 Å². The molecule has 0 unspecified atom stereocenters. The van der Waals surface area contributed by atoms with Crippen LogP contribution in [0.15, 0.2) is 48.5 Å². The lowest BCUT2D eigenvalue weighted by Gasteiger charge is -2.08. The Kier molecular flexibility index (Phi) is 4.15. The SMILES string of the molecule is OCCOc1ccc(Oc2ccccc2)cc1F. The Balaban J connectivity index is 2.09. The van der Waals surface area contributed by atoms with E-state index in [2.05, 4.69) is 0 Å². The fourth-order valence-electron chi connectivity index (χ4n) is 1.44. The molecule has 0 saturated carbocycles. The van der Waals surface area contributed by atoms with Gasteiger partial charge in [0.1, 0.15) is 18.1 Å². The average molecular weight is 248 g/mol. The number of benzene rings is 2. The maximum atomic E-state index is 13.6. The first-order valence-electron chi connectivity index (χ1n) is 5.55. The number of halogens is 1. The van der Waals surface area contributed by atoms with Gasteiger partial charge in [0.25, 0.3) is 0 Å². The van der Waals surface area contributed by atoms with Crippen molar-refractivity contribution >= 4 is 0 Å². The van der Waals surface area contributed by atoms with Crippen LogP contribution in [0.1, 0.15) is 0 Å². The van der Waals surface area contributed by atoms with Gasteiger partial charge in [-0.15, -0.1) is 0 Å². The zero-order valence-corrected chi connectivity index (χ0v) is 9.67. The van der Waals surface area contributed by atoms with Crippen molar-refractivity contribution in [3.63, 3.8) is 0 Å². The first kappa shape index (κ1) is 12.4. The van der Waals surface area contributed by atoms with Crippen molar-refractivity contribution in [2.75, 3.05) is 13.2 Å². The molecule has 0 bridgehead atoms. The summed E-state index contributed by atoms with van der Waals surface area (Å²) in [7, 11) is 0. The Bertz CT molecular complexity index is 500. The summed E-state index contributed by atoms with van der Waals surface area (Å²) in [6, 6.07) is 13.5. The Morgan fingerprint density at radius 1 is 1.00 bits per heavy atom. The van der Waals surface area contributed by atoms with Crippen LogP contribution in [0.3, 0.4) is 0 Å². The van der Waals surface area contributed by atoms with Crippen LogP contribution >= 0.6 is 0 Å². The molecule has 94 valence electrons. The van der Waals surface area contributed by atoms with Crippen LogP contribution in [0.2, 0.25) is 0 Å². The molecular weight excluding hydrogens is 235 g/mol. The third-order valence-corrected chi connectivity index (χ3v) is 2.23. The maximum Gasteiger partial charge on any atom is 0.168 e. The lowest BCUT2D eigenvalue weighted by atomic mass is 10.3. The van der Waals surface area contributed by atoms with Crippen LogP contribution in [-0.4, -0.2) is 18.3 Å². The van der Waals surface area contributed by atoms with Gasteiger partial charge >= 0.3 is 0 Å². The van der Waals surface area contributed by atoms with Gasteiger partial charge in [-0.1, -0.05) is 18.2 Å². The van der Waals surface area contributed by atoms with Gasteiger partial charge in [0, 0.05) is 6.07 Å². The first-order chi connectivity index (χ1) is 8.79. The molecular formula is C14H13FO3. The van der Waals surface area contributed by atoms with Crippen molar-refractivity contribution < 1.29 is 19.0 Å². The summed E-state index contributed by atoms with van der Waals surface area (Å²) >= 11 is 0. The molecule has 18 heavy (non-hydrogen) atoms. The topological polar surface area (TPSA) is 38.7 Å². The summed E-state index contributed by atoms with van der Waals surface area (Å²) in [5, 5.41) is 8.60. The number of para-hydroxylation sites is 1. The normalized spacial score (nSPS) is 10.1. The molecule has 0 aliphatic carbocycles. The molecule has 2 aromatic carbocycles. The van der Waals surface area contributed by atoms with Gasteiger partial charge in [-0.25, -0.2) is 4.39 Å². The second-order valence-corrected chi connectivity index (χ2v) is 3.58. The molecule has 1 N–H and O–H groups in total. The molecule has 0 amide bonds. The highest BCUT2D eigenvalue weighted by Gasteiger charge is 2.06. The summed E-state index contributed by atoms with van der Waals surface area (Å²) in [4.78, 5) is 0. The van der Waals surface area contributed by atoms with Crippen molar-refractivity contribution in [3.8, 4) is 17.2 Å². The zero-order valence-electron chi connectivity index (χ0n) is 9.67. The van der Waals surface area contributed by atoms with Crippen LogP contribution in [0, 0.1) is 5.82 Å². The molecule has 2 rings (SSSR count). The van der Waals surface area contributed by atoms with E-state index in [-0.39, 0.29) is 19.0 Å². The van der Waals surface area contributed by atoms with Crippen LogP contribution < -0.4 is 9.47 Å². The van der Waals surface area contributed by atoms with Gasteiger partial charge in [-0.2, -0.15) is 0 Å². The largest absolute Gasteiger partial charge is 0.488 e. The molecule has 4 heteroatoms. The molecule has 0 radical (unpaired) electrons. The fourth-order valence-corrected chi connectivity index (χ4v) is 1.44. The molecule has 0 aromatic heterocycles. The minimum absolute atomic E-state index is 0.0653. The average Bonchev–Trinajstić information content (AvgIpc) is 2.39. The lowest BCUT2D eigenvalue weighted by Crippen LogP contribution is -2.03. The smallest absolute Gasteiger partial charge is 0.168 e. The van der Waals surface area contributed by atoms with Gasteiger partial charge in [0.15, 0.2) is 11.6 Å². The zero-order chi connectivity index (χ0) is 12.8. The van der Waals surface area contributed by atoms with Crippen molar-refractivity contribution in [2.24, 2.45) is 0 Å². The van der Waals surface area contributed by atoms with E-state index in [1.807, 2.05) is 18.2 Å². The monoisotopic (exact) mass is 248 g/mol. The molecule has 0 heterocycles. The molecule has 0 spiro atoms. The van der Waals surface area contributed by atoms with E-state index in [4.69, 9.17) is 14.6 Å². The molecule has 0 atom stereocenters. The van der Waals surface area contributed by atoms with Gasteiger partial charge in [0.2, 0.25) is 0 Å². The van der Waals surface area contributed by atoms with Crippen molar-refractivity contribution in [1.82, 2.24) is 0 Å². The third kappa shape index (κ3) is 3.21. The van der Waals surface area contributed by atoms with E-state index in [9.17, 15) is 4.39 Å². The van der Waals surface area contributed by atoms with E-state index in [1.165, 1.54) is 12.1 Å². The van der Waals surface area contributed by atoms with Gasteiger partial charge < -0.3 is 14.6 Å². The molecule has 0 aliphatic heterocycles. The van der Waals surface area contributed by atoms with Gasteiger partial charge in [-0.3, -0.25) is 0 Å². The quantitative estimate of drug-likeness (QED) is 0.884. The van der Waals surface area contributed by atoms with E-state index in [1.54, 1.807) is 18.2 Å². The van der Waals surface area contributed by atoms with Crippen LogP contribution in [0.4, 0.5) is 4.39 Å². The van der Waals surface area contributed by atoms with Crippen molar-refractivity contribution in [3.05, 3.63) is 54.3 Å². The number of aliphatic hydroxyl groups is 1. The van der Waals surface area contributed by atoms with Gasteiger partial charge in [-0.05, 0) is 24.3 Å². The number of aliphatic hydroxyl groups excluding tert-OH is 1. The summed E-state index contributed by atoms with van der Waals surface area (Å²) < 4.78 is 24.1. The summed E-state index contributed by atoms with van der Waals surface area (Å²) in [6.07, 6.45) is 0. The molecule has 3 nitrogen and oxygen atoms in total. The lowest BCUT2D eigenvalue weighted by molar-refractivity contribution is 0.196. The second-order valence-electron chi connectivity index (χ2n) is 3.58. The highest BCUT2D eigenvalue weighted by molar-refractivity contribution is 5.36. The molecule has 0 aliphatic rings. The number of ether oxygens (including phenoxy) is 2. The predicted molar refractivity (Wildman–Crippen MR) is 65.5 cm³/mol. The highest BCUT2D eigenvalue weighted by atomic mass is 19.1. The van der Waals surface area contributed by atoms with Crippen LogP contribution in [-0.2, 0) is 0 Å². The first-order valence-corrected chi connectivity index (χ1v) is 5.55. The third-order valence-electron chi connectivity index (χ3n) is 2.23. The summed E-state index contributed by atoms with van der Waals surface area (Å²) in [5.41, 5.74) is 0. The Morgan fingerprint density at radius 3 is 2.44 bits per heavy atom. The molecule has 0 fully saturated rings. The predicted octanol–water partition coefficient (Wildman–Crippen LogP) is 2.99. The van der Waals surface area contributed by atoms with E-state index in [0.717, 1.165) is 0 Å². The highest BCUT2D eigenvalue weighted by Crippen LogP contribution is 2.26. The standard InChI is InChI=1S/C14H13FO3/c15-13-10-12(6-7-14(13)17-9-8-16)18-11-4-2-1-3-5-11/h1-7,10,16H,8-9H2.